The van der Waals surface area contributed by atoms with Crippen molar-refractivity contribution in [2.24, 2.45) is 7.05 Å². The Morgan fingerprint density at radius 1 is 1.32 bits per heavy atom. The largest absolute Gasteiger partial charge is 0.381 e. The molecular weight excluding hydrogens is 392 g/mol. The molecule has 3 aromatic heterocycles. The second kappa shape index (κ2) is 8.77. The molecule has 3 heterocycles. The number of benzene rings is 1. The Morgan fingerprint density at radius 2 is 2.16 bits per heavy atom. The van der Waals surface area contributed by atoms with Crippen LogP contribution in [0.5, 0.6) is 0 Å². The normalized spacial score (nSPS) is 12.4. The first-order chi connectivity index (χ1) is 15.0. The van der Waals surface area contributed by atoms with E-state index in [1.165, 1.54) is 0 Å². The van der Waals surface area contributed by atoms with Crippen molar-refractivity contribution in [1.82, 2.24) is 24.8 Å². The van der Waals surface area contributed by atoms with E-state index in [4.69, 9.17) is 9.72 Å². The van der Waals surface area contributed by atoms with Crippen molar-refractivity contribution in [2.45, 2.75) is 26.3 Å². The zero-order valence-corrected chi connectivity index (χ0v) is 18.3. The first-order valence-electron chi connectivity index (χ1n) is 10.5. The number of carbonyl (C=O) groups is 1. The molecule has 4 aromatic rings. The van der Waals surface area contributed by atoms with E-state index in [2.05, 4.69) is 38.8 Å². The zero-order chi connectivity index (χ0) is 22.0. The molecule has 0 bridgehead atoms. The van der Waals surface area contributed by atoms with Gasteiger partial charge in [0, 0.05) is 38.2 Å². The van der Waals surface area contributed by atoms with E-state index in [1.54, 1.807) is 6.33 Å². The molecule has 3 N–H and O–H groups in total. The van der Waals surface area contributed by atoms with Crippen LogP contribution in [0.4, 0.5) is 5.82 Å². The van der Waals surface area contributed by atoms with Gasteiger partial charge in [-0.3, -0.25) is 4.79 Å². The summed E-state index contributed by atoms with van der Waals surface area (Å²) in [6.07, 6.45) is 2.16. The molecule has 1 atom stereocenters. The fraction of sp³-hybridized carbons (Fsp3) is 0.348. The fourth-order valence-electron chi connectivity index (χ4n) is 3.81. The van der Waals surface area contributed by atoms with Crippen LogP contribution in [-0.4, -0.2) is 45.7 Å². The summed E-state index contributed by atoms with van der Waals surface area (Å²) in [6, 6.07) is 10.2. The van der Waals surface area contributed by atoms with E-state index >= 15 is 0 Å². The fourth-order valence-corrected chi connectivity index (χ4v) is 3.81. The van der Waals surface area contributed by atoms with Gasteiger partial charge in [0.2, 0.25) is 5.91 Å². The van der Waals surface area contributed by atoms with Crippen LogP contribution in [0, 0.1) is 0 Å². The van der Waals surface area contributed by atoms with Crippen LogP contribution in [0.25, 0.3) is 33.3 Å². The average Bonchev–Trinajstić information content (AvgIpc) is 3.37. The monoisotopic (exact) mass is 420 g/mol. The Morgan fingerprint density at radius 3 is 2.94 bits per heavy atom. The number of imidazole rings is 1. The maximum Gasteiger partial charge on any atom is 0.222 e. The first kappa shape index (κ1) is 20.9. The Bertz CT molecular complexity index is 1230. The minimum Gasteiger partial charge on any atom is -0.381 e. The highest BCUT2D eigenvalue weighted by atomic mass is 16.5. The minimum atomic E-state index is -0.101. The third-order valence-electron chi connectivity index (χ3n) is 5.43. The van der Waals surface area contributed by atoms with Gasteiger partial charge in [0.05, 0.1) is 24.5 Å². The predicted molar refractivity (Wildman–Crippen MR) is 123 cm³/mol. The van der Waals surface area contributed by atoms with Gasteiger partial charge < -0.3 is 24.9 Å². The number of anilines is 1. The molecule has 0 saturated carbocycles. The molecule has 0 aliphatic rings. The van der Waals surface area contributed by atoms with E-state index in [9.17, 15) is 4.79 Å². The van der Waals surface area contributed by atoms with E-state index in [0.717, 1.165) is 44.7 Å². The van der Waals surface area contributed by atoms with Crippen molar-refractivity contribution >= 4 is 33.8 Å². The highest BCUT2D eigenvalue weighted by Crippen LogP contribution is 2.32. The number of aryl methyl sites for hydroxylation is 1. The molecule has 0 fully saturated rings. The number of nitrogens with one attached hydrogen (secondary N) is 3. The topological polar surface area (TPSA) is 96.9 Å². The predicted octanol–water partition coefficient (Wildman–Crippen LogP) is 3.76. The summed E-state index contributed by atoms with van der Waals surface area (Å²) in [7, 11) is 3.83. The quantitative estimate of drug-likeness (QED) is 0.377. The van der Waals surface area contributed by atoms with Gasteiger partial charge in [-0.2, -0.15) is 0 Å². The number of ether oxygens (including phenoxy) is 1. The number of rotatable bonds is 8. The molecule has 1 amide bonds. The number of hydrogen-bond donors (Lipinski definition) is 3. The molecule has 8 heteroatoms. The van der Waals surface area contributed by atoms with Gasteiger partial charge in [0.1, 0.15) is 11.2 Å². The lowest BCUT2D eigenvalue weighted by Gasteiger charge is -2.15. The van der Waals surface area contributed by atoms with E-state index in [0.29, 0.717) is 19.6 Å². The molecule has 162 valence electrons. The van der Waals surface area contributed by atoms with Gasteiger partial charge in [-0.05, 0) is 37.1 Å². The van der Waals surface area contributed by atoms with Crippen LogP contribution in [0.3, 0.4) is 0 Å². The smallest absolute Gasteiger partial charge is 0.222 e. The first-order valence-corrected chi connectivity index (χ1v) is 10.5. The van der Waals surface area contributed by atoms with Crippen LogP contribution in [0.2, 0.25) is 0 Å². The standard InChI is InChI=1S/C23H28N6O2/c1-5-31-10-9-19(30)26-14(2)15-7-6-8-16(11-15)18-12-17-21-20(25-13-29(21)4)23(24-3)28-22(17)27-18/h6-8,11-14H,5,9-10H2,1-4H3,(H,26,30)(H2,24,27,28). The second-order valence-corrected chi connectivity index (χ2v) is 7.57. The molecule has 0 aliphatic carbocycles. The van der Waals surface area contributed by atoms with Crippen molar-refractivity contribution in [3.8, 4) is 11.3 Å². The molecule has 0 saturated heterocycles. The van der Waals surface area contributed by atoms with Crippen LogP contribution in [-0.2, 0) is 16.6 Å². The van der Waals surface area contributed by atoms with Crippen LogP contribution in [0.1, 0.15) is 31.9 Å². The molecule has 0 radical (unpaired) electrons. The average molecular weight is 421 g/mol. The Balaban J connectivity index is 1.64. The van der Waals surface area contributed by atoms with Crippen molar-refractivity contribution in [3.63, 3.8) is 0 Å². The lowest BCUT2D eigenvalue weighted by Crippen LogP contribution is -2.27. The lowest BCUT2D eigenvalue weighted by molar-refractivity contribution is -0.122. The van der Waals surface area contributed by atoms with Crippen molar-refractivity contribution in [2.75, 3.05) is 25.6 Å². The zero-order valence-electron chi connectivity index (χ0n) is 18.3. The van der Waals surface area contributed by atoms with Gasteiger partial charge in [-0.15, -0.1) is 0 Å². The highest BCUT2D eigenvalue weighted by Gasteiger charge is 2.16. The summed E-state index contributed by atoms with van der Waals surface area (Å²) < 4.78 is 7.27. The molecule has 31 heavy (non-hydrogen) atoms. The number of hydrogen-bond acceptors (Lipinski definition) is 5. The molecule has 1 unspecified atom stereocenters. The van der Waals surface area contributed by atoms with Gasteiger partial charge in [0.15, 0.2) is 5.82 Å². The minimum absolute atomic E-state index is 0.0145. The number of H-pyrrole nitrogens is 1. The molecular formula is C23H28N6O2. The Hall–Kier alpha value is -3.39. The summed E-state index contributed by atoms with van der Waals surface area (Å²) in [4.78, 5) is 24.8. The van der Waals surface area contributed by atoms with E-state index in [1.807, 2.05) is 44.6 Å². The number of pyridine rings is 1. The van der Waals surface area contributed by atoms with Gasteiger partial charge in [0.25, 0.3) is 0 Å². The van der Waals surface area contributed by atoms with Crippen molar-refractivity contribution in [1.29, 1.82) is 0 Å². The molecule has 4 rings (SSSR count). The third-order valence-corrected chi connectivity index (χ3v) is 5.43. The Labute approximate surface area is 181 Å². The lowest BCUT2D eigenvalue weighted by atomic mass is 10.0. The summed E-state index contributed by atoms with van der Waals surface area (Å²) in [5.74, 6) is 0.730. The van der Waals surface area contributed by atoms with Crippen molar-refractivity contribution < 1.29 is 9.53 Å². The third kappa shape index (κ3) is 4.11. The Kier molecular flexibility index (Phi) is 5.90. The number of fused-ring (bicyclic) bond motifs is 3. The summed E-state index contributed by atoms with van der Waals surface area (Å²) in [5.41, 5.74) is 5.72. The van der Waals surface area contributed by atoms with Crippen molar-refractivity contribution in [3.05, 3.63) is 42.2 Å². The van der Waals surface area contributed by atoms with Gasteiger partial charge in [-0.1, -0.05) is 18.2 Å². The van der Waals surface area contributed by atoms with Gasteiger partial charge in [-0.25, -0.2) is 9.97 Å². The number of nitrogens with zero attached hydrogens (tertiary/aromatic N) is 3. The maximum absolute atomic E-state index is 12.1. The SMILES string of the molecule is CCOCCC(=O)NC(C)c1cccc(-c2cc3c(nc(NC)c4ncn(C)c43)[nH]2)c1. The van der Waals surface area contributed by atoms with E-state index < -0.39 is 0 Å². The molecule has 1 aromatic carbocycles. The van der Waals surface area contributed by atoms with Crippen LogP contribution in [0.15, 0.2) is 36.7 Å². The molecule has 0 spiro atoms. The highest BCUT2D eigenvalue weighted by molar-refractivity contribution is 6.07. The van der Waals surface area contributed by atoms with Crippen LogP contribution >= 0.6 is 0 Å². The summed E-state index contributed by atoms with van der Waals surface area (Å²) in [6.45, 7) is 4.96. The number of amides is 1. The number of aromatic nitrogens is 4. The van der Waals surface area contributed by atoms with Crippen LogP contribution < -0.4 is 10.6 Å². The number of carbonyl (C=O) groups excluding carboxylic acids is 1. The number of aromatic amines is 1. The maximum atomic E-state index is 12.1. The molecule has 8 nitrogen and oxygen atoms in total. The van der Waals surface area contributed by atoms with E-state index in [-0.39, 0.29) is 11.9 Å². The summed E-state index contributed by atoms with van der Waals surface area (Å²) >= 11 is 0. The van der Waals surface area contributed by atoms with Gasteiger partial charge >= 0.3 is 0 Å². The molecule has 0 aliphatic heterocycles. The second-order valence-electron chi connectivity index (χ2n) is 7.57. The summed E-state index contributed by atoms with van der Waals surface area (Å²) in [5, 5.41) is 7.19.